The molecule has 0 fully saturated rings. The molecule has 0 spiro atoms. The van der Waals surface area contributed by atoms with Crippen molar-refractivity contribution in [1.29, 1.82) is 0 Å². The van der Waals surface area contributed by atoms with Crippen LogP contribution in [-0.2, 0) is 0 Å². The Morgan fingerprint density at radius 3 is 2.75 bits per heavy atom. The predicted molar refractivity (Wildman–Crippen MR) is 62.3 cm³/mol. The fourth-order valence-electron chi connectivity index (χ4n) is 1.38. The van der Waals surface area contributed by atoms with Crippen LogP contribution in [0.5, 0.6) is 0 Å². The number of nitrogens with one attached hydrogen (secondary N) is 1. The second-order valence-corrected chi connectivity index (χ2v) is 3.78. The van der Waals surface area contributed by atoms with Crippen LogP contribution in [0.1, 0.15) is 23.7 Å². The maximum Gasteiger partial charge on any atom is 0.255 e. The van der Waals surface area contributed by atoms with E-state index in [4.69, 9.17) is 5.73 Å². The molecule has 1 rings (SSSR count). The van der Waals surface area contributed by atoms with E-state index in [1.807, 2.05) is 6.92 Å². The van der Waals surface area contributed by atoms with Gasteiger partial charge in [-0.15, -0.1) is 0 Å². The van der Waals surface area contributed by atoms with Crippen molar-refractivity contribution < 1.29 is 4.79 Å². The van der Waals surface area contributed by atoms with E-state index in [1.54, 1.807) is 11.9 Å². The van der Waals surface area contributed by atoms with Crippen LogP contribution in [0, 0.1) is 0 Å². The molecular weight excluding hydrogens is 206 g/mol. The third kappa shape index (κ3) is 2.93. The number of nitrogens with zero attached hydrogens (tertiary/aromatic N) is 1. The van der Waals surface area contributed by atoms with Crippen molar-refractivity contribution in [3.63, 3.8) is 0 Å². The molecule has 0 saturated heterocycles. The average molecular weight is 223 g/mol. The number of aromatic amines is 1. The molecule has 16 heavy (non-hydrogen) atoms. The highest BCUT2D eigenvalue weighted by molar-refractivity contribution is 5.93. The zero-order valence-corrected chi connectivity index (χ0v) is 9.56. The molecule has 1 aromatic rings. The fraction of sp³-hybridized carbons (Fsp3) is 0.455. The van der Waals surface area contributed by atoms with Gasteiger partial charge in [-0.1, -0.05) is 0 Å². The second-order valence-electron chi connectivity index (χ2n) is 3.78. The Balaban J connectivity index is 2.77. The Morgan fingerprint density at radius 1 is 1.56 bits per heavy atom. The Labute approximate surface area is 94.3 Å². The van der Waals surface area contributed by atoms with Crippen LogP contribution in [-0.4, -0.2) is 35.4 Å². The molecule has 0 aliphatic heterocycles. The lowest BCUT2D eigenvalue weighted by Gasteiger charge is -2.24. The van der Waals surface area contributed by atoms with Crippen LogP contribution >= 0.6 is 0 Å². The van der Waals surface area contributed by atoms with Gasteiger partial charge in [-0.25, -0.2) is 0 Å². The van der Waals surface area contributed by atoms with Crippen molar-refractivity contribution >= 4 is 5.91 Å². The smallest absolute Gasteiger partial charge is 0.255 e. The first kappa shape index (κ1) is 12.4. The third-order valence-electron chi connectivity index (χ3n) is 2.60. The van der Waals surface area contributed by atoms with Gasteiger partial charge in [0, 0.05) is 25.4 Å². The number of carbonyl (C=O) groups is 1. The van der Waals surface area contributed by atoms with Crippen LogP contribution in [0.3, 0.4) is 0 Å². The van der Waals surface area contributed by atoms with Crippen LogP contribution < -0.4 is 11.3 Å². The van der Waals surface area contributed by atoms with Crippen molar-refractivity contribution in [2.75, 3.05) is 13.6 Å². The number of rotatable bonds is 4. The number of hydrogen-bond donors (Lipinski definition) is 2. The summed E-state index contributed by atoms with van der Waals surface area (Å²) in [4.78, 5) is 26.9. The lowest BCUT2D eigenvalue weighted by atomic mass is 10.2. The summed E-state index contributed by atoms with van der Waals surface area (Å²) < 4.78 is 0. The molecule has 1 amide bonds. The largest absolute Gasteiger partial charge is 0.339 e. The fourth-order valence-corrected chi connectivity index (χ4v) is 1.38. The maximum absolute atomic E-state index is 11.9. The first-order valence-corrected chi connectivity index (χ1v) is 5.22. The first-order chi connectivity index (χ1) is 7.56. The Morgan fingerprint density at radius 2 is 2.25 bits per heavy atom. The van der Waals surface area contributed by atoms with Crippen LogP contribution in [0.25, 0.3) is 0 Å². The Kier molecular flexibility index (Phi) is 4.25. The zero-order valence-electron chi connectivity index (χ0n) is 9.56. The van der Waals surface area contributed by atoms with E-state index < -0.39 is 0 Å². The van der Waals surface area contributed by atoms with Crippen molar-refractivity contribution in [2.24, 2.45) is 5.73 Å². The van der Waals surface area contributed by atoms with Crippen molar-refractivity contribution in [1.82, 2.24) is 9.88 Å². The number of aromatic nitrogens is 1. The predicted octanol–water partition coefficient (Wildman–Crippen LogP) is 0.184. The van der Waals surface area contributed by atoms with Gasteiger partial charge in [-0.3, -0.25) is 9.59 Å². The van der Waals surface area contributed by atoms with Gasteiger partial charge in [0.25, 0.3) is 5.91 Å². The number of carbonyl (C=O) groups excluding carboxylic acids is 1. The summed E-state index contributed by atoms with van der Waals surface area (Å²) in [6.07, 6.45) is 2.18. The second kappa shape index (κ2) is 5.46. The van der Waals surface area contributed by atoms with Crippen molar-refractivity contribution in [2.45, 2.75) is 19.4 Å². The molecule has 5 heteroatoms. The Bertz CT molecular complexity index is 393. The minimum atomic E-state index is -0.214. The number of pyridine rings is 1. The highest BCUT2D eigenvalue weighted by atomic mass is 16.2. The van der Waals surface area contributed by atoms with E-state index in [-0.39, 0.29) is 17.5 Å². The van der Waals surface area contributed by atoms with Crippen LogP contribution in [0.15, 0.2) is 23.1 Å². The highest BCUT2D eigenvalue weighted by Gasteiger charge is 2.16. The summed E-state index contributed by atoms with van der Waals surface area (Å²) in [5, 5.41) is 0. The van der Waals surface area contributed by atoms with E-state index in [1.165, 1.54) is 18.3 Å². The molecule has 0 aliphatic carbocycles. The standard InChI is InChI=1S/C11H17N3O2/c1-8(5-6-12)14(2)11(16)9-3-4-10(15)13-7-9/h3-4,7-8H,5-6,12H2,1-2H3,(H,13,15). The van der Waals surface area contributed by atoms with E-state index in [0.717, 1.165) is 6.42 Å². The quantitative estimate of drug-likeness (QED) is 0.764. The lowest BCUT2D eigenvalue weighted by Crippen LogP contribution is -2.36. The number of nitrogens with two attached hydrogens (primary N) is 1. The van der Waals surface area contributed by atoms with E-state index >= 15 is 0 Å². The van der Waals surface area contributed by atoms with Gasteiger partial charge in [-0.2, -0.15) is 0 Å². The molecule has 0 aliphatic rings. The summed E-state index contributed by atoms with van der Waals surface area (Å²) >= 11 is 0. The van der Waals surface area contributed by atoms with Gasteiger partial charge in [-0.05, 0) is 26.0 Å². The van der Waals surface area contributed by atoms with Gasteiger partial charge in [0.1, 0.15) is 0 Å². The van der Waals surface area contributed by atoms with Gasteiger partial charge in [0.2, 0.25) is 5.56 Å². The summed E-state index contributed by atoms with van der Waals surface area (Å²) in [6.45, 7) is 2.49. The normalized spacial score (nSPS) is 12.2. The summed E-state index contributed by atoms with van der Waals surface area (Å²) in [5.41, 5.74) is 5.70. The minimum absolute atomic E-state index is 0.0874. The molecule has 0 saturated carbocycles. The van der Waals surface area contributed by atoms with Gasteiger partial charge < -0.3 is 15.6 Å². The van der Waals surface area contributed by atoms with Crippen LogP contribution in [0.4, 0.5) is 0 Å². The van der Waals surface area contributed by atoms with E-state index in [9.17, 15) is 9.59 Å². The lowest BCUT2D eigenvalue weighted by molar-refractivity contribution is 0.0738. The van der Waals surface area contributed by atoms with Crippen molar-refractivity contribution in [3.8, 4) is 0 Å². The summed E-state index contributed by atoms with van der Waals surface area (Å²) in [6, 6.07) is 2.95. The highest BCUT2D eigenvalue weighted by Crippen LogP contribution is 2.06. The number of amides is 1. The number of H-pyrrole nitrogens is 1. The first-order valence-electron chi connectivity index (χ1n) is 5.22. The molecule has 1 aromatic heterocycles. The third-order valence-corrected chi connectivity index (χ3v) is 2.60. The molecule has 0 aromatic carbocycles. The average Bonchev–Trinajstić information content (AvgIpc) is 2.28. The van der Waals surface area contributed by atoms with Gasteiger partial charge >= 0.3 is 0 Å². The molecule has 88 valence electrons. The molecule has 1 heterocycles. The molecule has 0 bridgehead atoms. The minimum Gasteiger partial charge on any atom is -0.339 e. The number of hydrogen-bond acceptors (Lipinski definition) is 3. The molecular formula is C11H17N3O2. The van der Waals surface area contributed by atoms with E-state index in [2.05, 4.69) is 4.98 Å². The van der Waals surface area contributed by atoms with E-state index in [0.29, 0.717) is 12.1 Å². The van der Waals surface area contributed by atoms with Gasteiger partial charge in [0.05, 0.1) is 5.56 Å². The Hall–Kier alpha value is -1.62. The topological polar surface area (TPSA) is 79.2 Å². The molecule has 1 atom stereocenters. The maximum atomic E-state index is 11.9. The zero-order chi connectivity index (χ0) is 12.1. The van der Waals surface area contributed by atoms with Gasteiger partial charge in [0.15, 0.2) is 0 Å². The molecule has 1 unspecified atom stereocenters. The molecule has 0 radical (unpaired) electrons. The van der Waals surface area contributed by atoms with Crippen LogP contribution in [0.2, 0.25) is 0 Å². The summed E-state index contributed by atoms with van der Waals surface area (Å²) in [7, 11) is 1.73. The summed E-state index contributed by atoms with van der Waals surface area (Å²) in [5.74, 6) is -0.114. The SMILES string of the molecule is CC(CCN)N(C)C(=O)c1ccc(=O)[nH]c1. The van der Waals surface area contributed by atoms with Crippen molar-refractivity contribution in [3.05, 3.63) is 34.2 Å². The molecule has 5 nitrogen and oxygen atoms in total. The molecule has 3 N–H and O–H groups in total. The monoisotopic (exact) mass is 223 g/mol.